The number of non-ortho nitro benzene ring substituents is 1. The van der Waals surface area contributed by atoms with Crippen LogP contribution in [-0.4, -0.2) is 33.4 Å². The van der Waals surface area contributed by atoms with Gasteiger partial charge >= 0.3 is 5.97 Å². The van der Waals surface area contributed by atoms with Gasteiger partial charge in [-0.05, 0) is 30.3 Å². The largest absolute Gasteiger partial charge is 0.449 e. The highest BCUT2D eigenvalue weighted by Crippen LogP contribution is 2.24. The van der Waals surface area contributed by atoms with Gasteiger partial charge in [-0.3, -0.25) is 10.1 Å². The molecule has 1 heterocycles. The second-order valence-electron chi connectivity index (χ2n) is 5.41. The van der Waals surface area contributed by atoms with Crippen molar-refractivity contribution in [2.75, 3.05) is 12.4 Å². The van der Waals surface area contributed by atoms with E-state index < -0.39 is 10.9 Å². The quantitative estimate of drug-likeness (QED) is 0.171. The predicted molar refractivity (Wildman–Crippen MR) is 109 cm³/mol. The Labute approximate surface area is 177 Å². The van der Waals surface area contributed by atoms with E-state index in [9.17, 15) is 14.9 Å². The molecule has 0 aliphatic rings. The van der Waals surface area contributed by atoms with Gasteiger partial charge in [0.15, 0.2) is 6.61 Å². The third-order valence-electron chi connectivity index (χ3n) is 3.46. The Morgan fingerprint density at radius 2 is 2.00 bits per heavy atom. The van der Waals surface area contributed by atoms with Crippen molar-refractivity contribution in [3.8, 4) is 23.3 Å². The SMILES string of the molecule is O=C(OCC#CCSc1nnc(-c2ccc(Br)cc2)o1)c1cccc([N+](=O)[O-])c1. The molecule has 3 aromatic rings. The second-order valence-corrected chi connectivity index (χ2v) is 7.25. The summed E-state index contributed by atoms with van der Waals surface area (Å²) in [4.78, 5) is 22.0. The highest BCUT2D eigenvalue weighted by Gasteiger charge is 2.12. The highest BCUT2D eigenvalue weighted by atomic mass is 79.9. The van der Waals surface area contributed by atoms with Crippen LogP contribution in [-0.2, 0) is 4.74 Å². The monoisotopic (exact) mass is 473 g/mol. The lowest BCUT2D eigenvalue weighted by Gasteiger charge is -2.00. The molecule has 2 aromatic carbocycles. The van der Waals surface area contributed by atoms with E-state index >= 15 is 0 Å². The molecular weight excluding hydrogens is 462 g/mol. The Morgan fingerprint density at radius 1 is 1.21 bits per heavy atom. The summed E-state index contributed by atoms with van der Waals surface area (Å²) >= 11 is 4.63. The smallest absolute Gasteiger partial charge is 0.339 e. The fraction of sp³-hybridized carbons (Fsp3) is 0.105. The molecule has 0 radical (unpaired) electrons. The van der Waals surface area contributed by atoms with Crippen molar-refractivity contribution in [1.82, 2.24) is 10.2 Å². The van der Waals surface area contributed by atoms with Gasteiger partial charge in [0.1, 0.15) is 0 Å². The molecule has 10 heteroatoms. The zero-order valence-corrected chi connectivity index (χ0v) is 17.1. The first-order valence-corrected chi connectivity index (χ1v) is 9.90. The molecule has 8 nitrogen and oxygen atoms in total. The zero-order valence-electron chi connectivity index (χ0n) is 14.7. The molecule has 0 atom stereocenters. The van der Waals surface area contributed by atoms with E-state index in [1.807, 2.05) is 24.3 Å². The number of nitro groups is 1. The summed E-state index contributed by atoms with van der Waals surface area (Å²) in [6.45, 7) is -0.129. The van der Waals surface area contributed by atoms with Crippen LogP contribution in [0.1, 0.15) is 10.4 Å². The lowest BCUT2D eigenvalue weighted by molar-refractivity contribution is -0.384. The summed E-state index contributed by atoms with van der Waals surface area (Å²) in [5.41, 5.74) is 0.734. The van der Waals surface area contributed by atoms with E-state index in [1.165, 1.54) is 30.0 Å². The number of nitrogens with zero attached hydrogens (tertiary/aromatic N) is 3. The van der Waals surface area contributed by atoms with Crippen LogP contribution in [0.25, 0.3) is 11.5 Å². The van der Waals surface area contributed by atoms with Crippen LogP contribution in [0, 0.1) is 22.0 Å². The summed E-state index contributed by atoms with van der Waals surface area (Å²) in [6.07, 6.45) is 0. The van der Waals surface area contributed by atoms with Crippen molar-refractivity contribution < 1.29 is 18.9 Å². The average molecular weight is 474 g/mol. The number of hydrogen-bond donors (Lipinski definition) is 0. The minimum Gasteiger partial charge on any atom is -0.449 e. The minimum absolute atomic E-state index is 0.0988. The van der Waals surface area contributed by atoms with Crippen molar-refractivity contribution in [3.05, 3.63) is 68.7 Å². The zero-order chi connectivity index (χ0) is 20.6. The summed E-state index contributed by atoms with van der Waals surface area (Å²) < 4.78 is 11.5. The van der Waals surface area contributed by atoms with Crippen molar-refractivity contribution in [2.24, 2.45) is 0 Å². The van der Waals surface area contributed by atoms with Crippen LogP contribution >= 0.6 is 27.7 Å². The Balaban J connectivity index is 1.45. The Hall–Kier alpha value is -3.16. The van der Waals surface area contributed by atoms with E-state index in [0.717, 1.165) is 16.1 Å². The number of esters is 1. The van der Waals surface area contributed by atoms with Crippen molar-refractivity contribution in [1.29, 1.82) is 0 Å². The van der Waals surface area contributed by atoms with Crippen LogP contribution in [0.15, 0.2) is 62.6 Å². The first kappa shape index (κ1) is 20.6. The van der Waals surface area contributed by atoms with E-state index in [2.05, 4.69) is 38.0 Å². The van der Waals surface area contributed by atoms with Crippen molar-refractivity contribution in [3.63, 3.8) is 0 Å². The van der Waals surface area contributed by atoms with Crippen LogP contribution in [0.2, 0.25) is 0 Å². The fourth-order valence-electron chi connectivity index (χ4n) is 2.11. The molecule has 0 fully saturated rings. The molecule has 0 saturated carbocycles. The topological polar surface area (TPSA) is 108 Å². The number of benzene rings is 2. The lowest BCUT2D eigenvalue weighted by atomic mass is 10.2. The number of aromatic nitrogens is 2. The van der Waals surface area contributed by atoms with E-state index in [0.29, 0.717) is 16.9 Å². The van der Waals surface area contributed by atoms with Crippen LogP contribution in [0.3, 0.4) is 0 Å². The number of halogens is 1. The molecule has 1 aromatic heterocycles. The number of carbonyl (C=O) groups is 1. The molecule has 0 saturated heterocycles. The number of rotatable bonds is 6. The molecule has 0 unspecified atom stereocenters. The number of ether oxygens (including phenoxy) is 1. The van der Waals surface area contributed by atoms with Gasteiger partial charge in [-0.1, -0.05) is 45.6 Å². The molecule has 0 bridgehead atoms. The van der Waals surface area contributed by atoms with E-state index in [-0.39, 0.29) is 17.9 Å². The molecule has 146 valence electrons. The number of nitro benzene ring substituents is 1. The highest BCUT2D eigenvalue weighted by molar-refractivity contribution is 9.10. The van der Waals surface area contributed by atoms with Crippen molar-refractivity contribution >= 4 is 39.3 Å². The van der Waals surface area contributed by atoms with Gasteiger partial charge in [-0.25, -0.2) is 4.79 Å². The van der Waals surface area contributed by atoms with E-state index in [4.69, 9.17) is 9.15 Å². The Bertz CT molecular complexity index is 1090. The standard InChI is InChI=1S/C19H12BrN3O5S/c20-15-8-6-13(7-9-15)17-21-22-19(28-17)29-11-2-1-10-27-18(24)14-4-3-5-16(12-14)23(25)26/h3-9,12H,10-11H2. The second kappa shape index (κ2) is 9.86. The third-order valence-corrected chi connectivity index (χ3v) is 4.69. The number of hydrogen-bond acceptors (Lipinski definition) is 8. The maximum atomic E-state index is 11.9. The van der Waals surface area contributed by atoms with Gasteiger partial charge < -0.3 is 9.15 Å². The molecule has 0 N–H and O–H groups in total. The molecule has 0 aliphatic carbocycles. The molecule has 29 heavy (non-hydrogen) atoms. The lowest BCUT2D eigenvalue weighted by Crippen LogP contribution is -2.05. The molecule has 0 spiro atoms. The molecule has 3 rings (SSSR count). The number of thioether (sulfide) groups is 1. The first-order chi connectivity index (χ1) is 14.0. The van der Waals surface area contributed by atoms with Crippen LogP contribution in [0.5, 0.6) is 0 Å². The summed E-state index contributed by atoms with van der Waals surface area (Å²) in [5, 5.41) is 19.0. The van der Waals surface area contributed by atoms with Crippen LogP contribution < -0.4 is 0 Å². The van der Waals surface area contributed by atoms with Gasteiger partial charge in [0.05, 0.1) is 16.2 Å². The van der Waals surface area contributed by atoms with Gasteiger partial charge in [0.25, 0.3) is 10.9 Å². The van der Waals surface area contributed by atoms with Crippen molar-refractivity contribution in [2.45, 2.75) is 5.22 Å². The normalized spacial score (nSPS) is 10.1. The minimum atomic E-state index is -0.674. The average Bonchev–Trinajstić information content (AvgIpc) is 3.20. The third kappa shape index (κ3) is 5.91. The summed E-state index contributed by atoms with van der Waals surface area (Å²) in [6, 6.07) is 12.8. The maximum Gasteiger partial charge on any atom is 0.339 e. The first-order valence-electron chi connectivity index (χ1n) is 8.12. The molecular formula is C19H12BrN3O5S. The molecule has 0 amide bonds. The van der Waals surface area contributed by atoms with E-state index in [1.54, 1.807) is 0 Å². The van der Waals surface area contributed by atoms with Gasteiger partial charge in [-0.15, -0.1) is 10.2 Å². The maximum absolute atomic E-state index is 11.9. The predicted octanol–water partition coefficient (Wildman–Crippen LogP) is 4.36. The molecule has 0 aliphatic heterocycles. The summed E-state index contributed by atoms with van der Waals surface area (Å²) in [5.74, 6) is 5.63. The Morgan fingerprint density at radius 3 is 2.76 bits per heavy atom. The summed E-state index contributed by atoms with van der Waals surface area (Å²) in [7, 11) is 0. The Kier molecular flexibility index (Phi) is 6.99. The van der Waals surface area contributed by atoms with Gasteiger partial charge in [-0.2, -0.15) is 0 Å². The fourth-order valence-corrected chi connectivity index (χ4v) is 2.91. The number of carbonyl (C=O) groups excluding carboxylic acids is 1. The van der Waals surface area contributed by atoms with Gasteiger partial charge in [0, 0.05) is 22.2 Å². The van der Waals surface area contributed by atoms with Crippen LogP contribution in [0.4, 0.5) is 5.69 Å². The van der Waals surface area contributed by atoms with Gasteiger partial charge in [0.2, 0.25) is 5.89 Å².